The lowest BCUT2D eigenvalue weighted by molar-refractivity contribution is 0.0949. The highest BCUT2D eigenvalue weighted by atomic mass is 16.2. The molecule has 108 valence electrons. The number of aliphatic hydroxyl groups excluding tert-OH is 1. The number of hydrogen-bond acceptors (Lipinski definition) is 3. The van der Waals surface area contributed by atoms with Crippen molar-refractivity contribution in [3.8, 4) is 11.8 Å². The summed E-state index contributed by atoms with van der Waals surface area (Å²) in [6.45, 7) is 2.06. The van der Waals surface area contributed by atoms with Gasteiger partial charge < -0.3 is 10.4 Å². The van der Waals surface area contributed by atoms with Crippen molar-refractivity contribution in [3.05, 3.63) is 52.8 Å². The number of rotatable bonds is 3. The lowest BCUT2D eigenvalue weighted by Crippen LogP contribution is -2.24. The molecule has 5 nitrogen and oxygen atoms in total. The number of nitrogens with one attached hydrogen (secondary N) is 1. The number of nitrogens with zero attached hydrogens (tertiary/aromatic N) is 2. The van der Waals surface area contributed by atoms with Gasteiger partial charge in [0.05, 0.1) is 12.2 Å². The van der Waals surface area contributed by atoms with E-state index in [1.54, 1.807) is 10.7 Å². The number of hydrogen-bond donors (Lipinski definition) is 2. The Morgan fingerprint density at radius 2 is 2.24 bits per heavy atom. The van der Waals surface area contributed by atoms with Crippen LogP contribution >= 0.6 is 0 Å². The van der Waals surface area contributed by atoms with E-state index in [9.17, 15) is 4.79 Å². The molecular weight excluding hydrogens is 266 g/mol. The molecule has 0 unspecified atom stereocenters. The second kappa shape index (κ2) is 6.73. The Kier molecular flexibility index (Phi) is 4.75. The van der Waals surface area contributed by atoms with E-state index < -0.39 is 0 Å². The smallest absolute Gasteiger partial charge is 0.251 e. The van der Waals surface area contributed by atoms with Gasteiger partial charge in [-0.05, 0) is 30.7 Å². The normalized spacial score (nSPS) is 9.86. The summed E-state index contributed by atoms with van der Waals surface area (Å²) in [7, 11) is 1.83. The Morgan fingerprint density at radius 3 is 2.90 bits per heavy atom. The van der Waals surface area contributed by atoms with Gasteiger partial charge in [0.15, 0.2) is 0 Å². The van der Waals surface area contributed by atoms with Gasteiger partial charge in [-0.2, -0.15) is 5.10 Å². The zero-order valence-corrected chi connectivity index (χ0v) is 12.1. The molecule has 0 atom stereocenters. The Labute approximate surface area is 123 Å². The Hall–Kier alpha value is -2.58. The lowest BCUT2D eigenvalue weighted by atomic mass is 10.0. The first-order valence-corrected chi connectivity index (χ1v) is 6.57. The van der Waals surface area contributed by atoms with Crippen LogP contribution in [0.4, 0.5) is 0 Å². The zero-order valence-electron chi connectivity index (χ0n) is 12.1. The molecule has 1 aromatic carbocycles. The molecule has 0 bridgehead atoms. The van der Waals surface area contributed by atoms with E-state index >= 15 is 0 Å². The second-order valence-electron chi connectivity index (χ2n) is 4.65. The van der Waals surface area contributed by atoms with Crippen LogP contribution in [0.25, 0.3) is 0 Å². The number of carbonyl (C=O) groups is 1. The van der Waals surface area contributed by atoms with E-state index in [0.717, 1.165) is 11.3 Å². The third-order valence-corrected chi connectivity index (χ3v) is 2.99. The molecule has 0 fully saturated rings. The van der Waals surface area contributed by atoms with Gasteiger partial charge in [0.25, 0.3) is 5.91 Å². The monoisotopic (exact) mass is 283 g/mol. The molecule has 0 radical (unpaired) electrons. The third kappa shape index (κ3) is 3.94. The number of carbonyl (C=O) groups excluding carboxylic acids is 1. The molecule has 0 saturated heterocycles. The Bertz CT molecular complexity index is 708. The maximum absolute atomic E-state index is 12.2. The summed E-state index contributed by atoms with van der Waals surface area (Å²) in [5, 5.41) is 15.8. The average molecular weight is 283 g/mol. The van der Waals surface area contributed by atoms with Gasteiger partial charge in [-0.25, -0.2) is 0 Å². The maximum atomic E-state index is 12.2. The molecule has 0 aliphatic rings. The zero-order chi connectivity index (χ0) is 15.2. The van der Waals surface area contributed by atoms with Crippen LogP contribution in [0.15, 0.2) is 30.5 Å². The van der Waals surface area contributed by atoms with Crippen LogP contribution in [0.3, 0.4) is 0 Å². The fraction of sp³-hybridized carbons (Fsp3) is 0.250. The van der Waals surface area contributed by atoms with Crippen molar-refractivity contribution in [2.75, 3.05) is 6.61 Å². The predicted octanol–water partition coefficient (Wildman–Crippen LogP) is 1.00. The van der Waals surface area contributed by atoms with Crippen LogP contribution in [0.1, 0.15) is 27.2 Å². The van der Waals surface area contributed by atoms with E-state index in [1.807, 2.05) is 38.4 Å². The van der Waals surface area contributed by atoms with Crippen molar-refractivity contribution in [1.82, 2.24) is 15.1 Å². The summed E-state index contributed by atoms with van der Waals surface area (Å²) in [5.74, 6) is 5.21. The molecule has 21 heavy (non-hydrogen) atoms. The van der Waals surface area contributed by atoms with Crippen molar-refractivity contribution in [3.63, 3.8) is 0 Å². The van der Waals surface area contributed by atoms with Gasteiger partial charge >= 0.3 is 0 Å². The summed E-state index contributed by atoms with van der Waals surface area (Å²) < 4.78 is 1.69. The minimum atomic E-state index is -0.199. The Balaban J connectivity index is 2.10. The number of aliphatic hydroxyl groups is 1. The Morgan fingerprint density at radius 1 is 1.43 bits per heavy atom. The van der Waals surface area contributed by atoms with E-state index in [-0.39, 0.29) is 12.5 Å². The highest BCUT2D eigenvalue weighted by molar-refractivity contribution is 5.95. The summed E-state index contributed by atoms with van der Waals surface area (Å²) in [6.07, 6.45) is 1.83. The minimum absolute atomic E-state index is 0.161. The quantitative estimate of drug-likeness (QED) is 0.826. The molecule has 0 aliphatic heterocycles. The van der Waals surface area contributed by atoms with Crippen molar-refractivity contribution in [2.24, 2.45) is 7.05 Å². The molecular formula is C16H17N3O2. The molecule has 1 aromatic heterocycles. The largest absolute Gasteiger partial charge is 0.384 e. The summed E-state index contributed by atoms with van der Waals surface area (Å²) in [6, 6.07) is 7.26. The van der Waals surface area contributed by atoms with E-state index in [0.29, 0.717) is 17.7 Å². The van der Waals surface area contributed by atoms with Gasteiger partial charge in [-0.15, -0.1) is 0 Å². The number of benzene rings is 1. The number of amides is 1. The van der Waals surface area contributed by atoms with Crippen molar-refractivity contribution < 1.29 is 9.90 Å². The van der Waals surface area contributed by atoms with Gasteiger partial charge in [-0.1, -0.05) is 17.9 Å². The molecule has 0 spiro atoms. The van der Waals surface area contributed by atoms with Crippen molar-refractivity contribution in [1.29, 1.82) is 0 Å². The van der Waals surface area contributed by atoms with Gasteiger partial charge in [0.2, 0.25) is 0 Å². The van der Waals surface area contributed by atoms with Crippen molar-refractivity contribution >= 4 is 5.91 Å². The lowest BCUT2D eigenvalue weighted by Gasteiger charge is -2.07. The second-order valence-corrected chi connectivity index (χ2v) is 4.65. The topological polar surface area (TPSA) is 67.2 Å². The standard InChI is InChI=1S/C16H17N3O2/c1-12-5-6-13(4-3-9-20)10-15(12)16(21)17-11-14-7-8-19(2)18-14/h5-8,10,20H,9,11H2,1-2H3,(H,17,21). The highest BCUT2D eigenvalue weighted by Gasteiger charge is 2.10. The predicted molar refractivity (Wildman–Crippen MR) is 79.5 cm³/mol. The SMILES string of the molecule is Cc1ccc(C#CCO)cc1C(=O)NCc1ccn(C)n1. The number of aryl methyl sites for hydroxylation is 2. The minimum Gasteiger partial charge on any atom is -0.384 e. The molecule has 0 aliphatic carbocycles. The molecule has 5 heteroatoms. The van der Waals surface area contributed by atoms with Crippen molar-refractivity contribution in [2.45, 2.75) is 13.5 Å². The summed E-state index contributed by atoms with van der Waals surface area (Å²) in [5.41, 5.74) is 2.97. The van der Waals surface area contributed by atoms with Crippen LogP contribution in [-0.2, 0) is 13.6 Å². The van der Waals surface area contributed by atoms with Crippen LogP contribution in [0.2, 0.25) is 0 Å². The van der Waals surface area contributed by atoms with Gasteiger partial charge in [0, 0.05) is 24.4 Å². The summed E-state index contributed by atoms with van der Waals surface area (Å²) in [4.78, 5) is 12.2. The van der Waals surface area contributed by atoms with Crippen LogP contribution < -0.4 is 5.32 Å². The highest BCUT2D eigenvalue weighted by Crippen LogP contribution is 2.11. The van der Waals surface area contributed by atoms with E-state index in [1.165, 1.54) is 0 Å². The van der Waals surface area contributed by atoms with Crippen LogP contribution in [0, 0.1) is 18.8 Å². The molecule has 1 amide bonds. The third-order valence-electron chi connectivity index (χ3n) is 2.99. The van der Waals surface area contributed by atoms with Gasteiger partial charge in [-0.3, -0.25) is 9.48 Å². The molecule has 0 saturated carbocycles. The van der Waals surface area contributed by atoms with Gasteiger partial charge in [0.1, 0.15) is 6.61 Å². The van der Waals surface area contributed by atoms with Crippen LogP contribution in [0.5, 0.6) is 0 Å². The average Bonchev–Trinajstić information content (AvgIpc) is 2.89. The first kappa shape index (κ1) is 14.8. The molecule has 2 rings (SSSR count). The molecule has 2 aromatic rings. The van der Waals surface area contributed by atoms with E-state index in [2.05, 4.69) is 22.3 Å². The molecule has 2 N–H and O–H groups in total. The first-order valence-electron chi connectivity index (χ1n) is 6.57. The fourth-order valence-electron chi connectivity index (χ4n) is 1.91. The molecule has 1 heterocycles. The first-order chi connectivity index (χ1) is 10.1. The van der Waals surface area contributed by atoms with Crippen LogP contribution in [-0.4, -0.2) is 27.4 Å². The number of aromatic nitrogens is 2. The summed E-state index contributed by atoms with van der Waals surface area (Å²) >= 11 is 0. The fourth-order valence-corrected chi connectivity index (χ4v) is 1.91. The maximum Gasteiger partial charge on any atom is 0.251 e. The van der Waals surface area contributed by atoms with E-state index in [4.69, 9.17) is 5.11 Å².